The summed E-state index contributed by atoms with van der Waals surface area (Å²) in [5.74, 6) is 0.243. The number of aromatic nitrogens is 1. The average molecular weight is 306 g/mol. The van der Waals surface area contributed by atoms with Crippen LogP contribution in [0.1, 0.15) is 5.01 Å². The van der Waals surface area contributed by atoms with Crippen molar-refractivity contribution in [3.8, 4) is 0 Å². The van der Waals surface area contributed by atoms with Crippen molar-refractivity contribution in [1.29, 1.82) is 0 Å². The molecule has 0 aliphatic carbocycles. The van der Waals surface area contributed by atoms with E-state index in [0.29, 0.717) is 5.75 Å². The Morgan fingerprint density at radius 1 is 1.45 bits per heavy atom. The van der Waals surface area contributed by atoms with Crippen LogP contribution in [0.15, 0.2) is 23.2 Å². The molecule has 1 amide bonds. The van der Waals surface area contributed by atoms with E-state index >= 15 is 0 Å². The summed E-state index contributed by atoms with van der Waals surface area (Å²) in [6.07, 6.45) is 0. The minimum Gasteiger partial charge on any atom is -0.378 e. The number of aliphatic imine (C=N–C) groups is 1. The van der Waals surface area contributed by atoms with E-state index in [4.69, 9.17) is 5.73 Å². The first-order chi connectivity index (χ1) is 9.54. The minimum absolute atomic E-state index is 0.372. The number of thioether (sulfide) groups is 1. The van der Waals surface area contributed by atoms with Crippen LogP contribution in [0, 0.1) is 0 Å². The van der Waals surface area contributed by atoms with Gasteiger partial charge in [0, 0.05) is 25.5 Å². The van der Waals surface area contributed by atoms with Gasteiger partial charge in [-0.3, -0.25) is 9.79 Å². The fourth-order valence-corrected chi connectivity index (χ4v) is 4.04. The number of benzene rings is 1. The van der Waals surface area contributed by atoms with Crippen molar-refractivity contribution >= 4 is 50.0 Å². The maximum Gasteiger partial charge on any atom is 0.243 e. The first-order valence-corrected chi connectivity index (χ1v) is 7.93. The summed E-state index contributed by atoms with van der Waals surface area (Å²) < 4.78 is 1.12. The second kappa shape index (κ2) is 5.06. The molecule has 0 radical (unpaired) electrons. The zero-order chi connectivity index (χ0) is 14.3. The quantitative estimate of drug-likeness (QED) is 0.937. The number of carbonyl (C=O) groups excluding carboxylic acids is 1. The van der Waals surface area contributed by atoms with Crippen LogP contribution in [0.25, 0.3) is 10.2 Å². The van der Waals surface area contributed by atoms with Crippen molar-refractivity contribution in [3.05, 3.63) is 23.2 Å². The van der Waals surface area contributed by atoms with Gasteiger partial charge in [-0.05, 0) is 18.2 Å². The monoisotopic (exact) mass is 306 g/mol. The van der Waals surface area contributed by atoms with E-state index in [9.17, 15) is 4.79 Å². The number of hydrogen-bond donors (Lipinski definition) is 1. The van der Waals surface area contributed by atoms with Crippen LogP contribution in [0.3, 0.4) is 0 Å². The number of amides is 1. The lowest BCUT2D eigenvalue weighted by Crippen LogP contribution is -2.26. The van der Waals surface area contributed by atoms with Crippen LogP contribution in [0.5, 0.6) is 0 Å². The van der Waals surface area contributed by atoms with Gasteiger partial charge in [-0.15, -0.1) is 23.1 Å². The molecule has 20 heavy (non-hydrogen) atoms. The van der Waals surface area contributed by atoms with Gasteiger partial charge >= 0.3 is 0 Å². The van der Waals surface area contributed by atoms with Gasteiger partial charge in [0.1, 0.15) is 16.1 Å². The Kier molecular flexibility index (Phi) is 3.39. The molecule has 2 N–H and O–H groups in total. The molecule has 3 rings (SSSR count). The van der Waals surface area contributed by atoms with Crippen molar-refractivity contribution in [2.24, 2.45) is 10.7 Å². The Bertz CT molecular complexity index is 707. The zero-order valence-electron chi connectivity index (χ0n) is 11.2. The second-order valence-electron chi connectivity index (χ2n) is 4.73. The highest BCUT2D eigenvalue weighted by Gasteiger charge is 2.25. The Balaban J connectivity index is 1.97. The van der Waals surface area contributed by atoms with Crippen LogP contribution in [-0.2, 0) is 4.79 Å². The summed E-state index contributed by atoms with van der Waals surface area (Å²) in [6, 6.07) is 5.75. The largest absolute Gasteiger partial charge is 0.378 e. The molecule has 1 atom stereocenters. The SMILES string of the molecule is CN(C)c1ccc2nc(C3=N[C@@H](C(N)=O)CS3)sc2c1. The van der Waals surface area contributed by atoms with Gasteiger partial charge in [-0.25, -0.2) is 4.98 Å². The number of anilines is 1. The van der Waals surface area contributed by atoms with Gasteiger partial charge in [0.15, 0.2) is 0 Å². The number of hydrogen-bond acceptors (Lipinski definition) is 6. The van der Waals surface area contributed by atoms with Crippen molar-refractivity contribution in [1.82, 2.24) is 4.98 Å². The van der Waals surface area contributed by atoms with Crippen molar-refractivity contribution in [2.75, 3.05) is 24.7 Å². The standard InChI is InChI=1S/C13H14N4OS2/c1-17(2)7-3-4-8-10(5-7)20-13(15-8)12-16-9(6-19-12)11(14)18/h3-5,9H,6H2,1-2H3,(H2,14,18)/t9-/m1/s1. The molecule has 0 bridgehead atoms. The fraction of sp³-hybridized carbons (Fsp3) is 0.308. The molecule has 0 saturated carbocycles. The van der Waals surface area contributed by atoms with Crippen LogP contribution >= 0.6 is 23.1 Å². The number of thiazole rings is 1. The maximum absolute atomic E-state index is 11.1. The highest BCUT2D eigenvalue weighted by Crippen LogP contribution is 2.31. The lowest BCUT2D eigenvalue weighted by Gasteiger charge is -2.11. The Morgan fingerprint density at radius 2 is 2.25 bits per heavy atom. The molecule has 2 heterocycles. The highest BCUT2D eigenvalue weighted by atomic mass is 32.2. The summed E-state index contributed by atoms with van der Waals surface area (Å²) in [5, 5.41) is 1.69. The molecule has 0 spiro atoms. The van der Waals surface area contributed by atoms with E-state index in [1.807, 2.05) is 26.2 Å². The third-order valence-corrected chi connectivity index (χ3v) is 5.26. The van der Waals surface area contributed by atoms with E-state index in [-0.39, 0.29) is 5.91 Å². The normalized spacial score (nSPS) is 18.3. The predicted molar refractivity (Wildman–Crippen MR) is 85.9 cm³/mol. The van der Waals surface area contributed by atoms with Gasteiger partial charge in [0.05, 0.1) is 10.2 Å². The van der Waals surface area contributed by atoms with Crippen molar-refractivity contribution < 1.29 is 4.79 Å². The third kappa shape index (κ3) is 2.38. The topological polar surface area (TPSA) is 71.6 Å². The van der Waals surface area contributed by atoms with Crippen LogP contribution in [-0.4, -0.2) is 41.8 Å². The molecular formula is C13H14N4OS2. The molecule has 2 aromatic rings. The van der Waals surface area contributed by atoms with Gasteiger partial charge in [0.2, 0.25) is 5.91 Å². The van der Waals surface area contributed by atoms with Crippen LogP contribution in [0.4, 0.5) is 5.69 Å². The third-order valence-electron chi connectivity index (χ3n) is 3.05. The molecule has 0 unspecified atom stereocenters. The summed E-state index contributed by atoms with van der Waals surface area (Å²) in [6.45, 7) is 0. The van der Waals surface area contributed by atoms with E-state index < -0.39 is 6.04 Å². The van der Waals surface area contributed by atoms with E-state index in [1.54, 1.807) is 23.1 Å². The average Bonchev–Trinajstić information content (AvgIpc) is 3.04. The number of nitrogens with zero attached hydrogens (tertiary/aromatic N) is 3. The molecule has 1 aromatic heterocycles. The van der Waals surface area contributed by atoms with Gasteiger partial charge < -0.3 is 10.6 Å². The molecule has 1 aliphatic heterocycles. The van der Waals surface area contributed by atoms with E-state index in [2.05, 4.69) is 20.9 Å². The van der Waals surface area contributed by atoms with Crippen LogP contribution in [0.2, 0.25) is 0 Å². The van der Waals surface area contributed by atoms with Crippen molar-refractivity contribution in [2.45, 2.75) is 6.04 Å². The minimum atomic E-state index is -0.417. The van der Waals surface area contributed by atoms with Gasteiger partial charge in [0.25, 0.3) is 0 Å². The predicted octanol–water partition coefficient (Wildman–Crippen LogP) is 1.71. The van der Waals surface area contributed by atoms with E-state index in [0.717, 1.165) is 26.0 Å². The first-order valence-electron chi connectivity index (χ1n) is 6.13. The van der Waals surface area contributed by atoms with Crippen LogP contribution < -0.4 is 10.6 Å². The molecule has 0 saturated heterocycles. The molecule has 104 valence electrons. The lowest BCUT2D eigenvalue weighted by atomic mass is 10.3. The maximum atomic E-state index is 11.1. The van der Waals surface area contributed by atoms with Crippen molar-refractivity contribution in [3.63, 3.8) is 0 Å². The van der Waals surface area contributed by atoms with Gasteiger partial charge in [-0.1, -0.05) is 0 Å². The lowest BCUT2D eigenvalue weighted by molar-refractivity contribution is -0.118. The molecule has 0 fully saturated rings. The molecule has 1 aliphatic rings. The number of fused-ring (bicyclic) bond motifs is 1. The number of nitrogens with two attached hydrogens (primary N) is 1. The summed E-state index contributed by atoms with van der Waals surface area (Å²) in [7, 11) is 4.02. The van der Waals surface area contributed by atoms with Gasteiger partial charge in [-0.2, -0.15) is 0 Å². The van der Waals surface area contributed by atoms with E-state index in [1.165, 1.54) is 0 Å². The fourth-order valence-electron chi connectivity index (χ4n) is 1.92. The number of carbonyl (C=O) groups is 1. The number of rotatable bonds is 3. The number of primary amides is 1. The zero-order valence-corrected chi connectivity index (χ0v) is 12.8. The summed E-state index contributed by atoms with van der Waals surface area (Å²) in [4.78, 5) is 22.1. The molecular weight excluding hydrogens is 292 g/mol. The molecule has 7 heteroatoms. The molecule has 1 aromatic carbocycles. The molecule has 5 nitrogen and oxygen atoms in total. The second-order valence-corrected chi connectivity index (χ2v) is 6.77. The highest BCUT2D eigenvalue weighted by molar-refractivity contribution is 8.15. The first kappa shape index (κ1) is 13.4. The summed E-state index contributed by atoms with van der Waals surface area (Å²) >= 11 is 3.14. The Labute approximate surface area is 124 Å². The smallest absolute Gasteiger partial charge is 0.243 e. The Hall–Kier alpha value is -1.60. The Morgan fingerprint density at radius 3 is 2.90 bits per heavy atom. The summed E-state index contributed by atoms with van der Waals surface area (Å²) in [5.41, 5.74) is 7.39.